The lowest BCUT2D eigenvalue weighted by atomic mass is 9.72. The lowest BCUT2D eigenvalue weighted by molar-refractivity contribution is -0.245. The SMILES string of the molecule is COc1cccc2c1C(=O)c1c(O)c3c(c(O)c1C2=O)C[C@@](O)(C(C)=O)C[C@@H]3O[C@H]1C[C@H](Nc2c(NCCCCCCO)c(=O)c2=O)[C@H](O)[C@H](C)O1. The van der Waals surface area contributed by atoms with Gasteiger partial charge in [-0.2, -0.15) is 0 Å². The molecule has 278 valence electrons. The Bertz CT molecular complexity index is 2000. The first kappa shape index (κ1) is 37.1. The number of aliphatic hydroxyl groups excluding tert-OH is 2. The highest BCUT2D eigenvalue weighted by atomic mass is 16.7. The van der Waals surface area contributed by atoms with E-state index in [1.54, 1.807) is 6.92 Å². The molecule has 0 unspecified atom stereocenters. The first-order chi connectivity index (χ1) is 24.7. The molecule has 1 aliphatic heterocycles. The molecule has 6 atom stereocenters. The van der Waals surface area contributed by atoms with E-state index in [0.717, 1.165) is 19.8 Å². The van der Waals surface area contributed by atoms with Crippen LogP contribution in [-0.4, -0.2) is 93.3 Å². The van der Waals surface area contributed by atoms with Gasteiger partial charge in [0.1, 0.15) is 40.3 Å². The number of hydrogen-bond donors (Lipinski definition) is 7. The Balaban J connectivity index is 1.31. The minimum Gasteiger partial charge on any atom is -0.507 e. The molecule has 0 radical (unpaired) electrons. The second kappa shape index (κ2) is 14.4. The molecule has 7 N–H and O–H groups in total. The summed E-state index contributed by atoms with van der Waals surface area (Å²) in [5.74, 6) is -3.53. The zero-order valence-electron chi connectivity index (χ0n) is 29.0. The highest BCUT2D eigenvalue weighted by molar-refractivity contribution is 6.31. The minimum atomic E-state index is -2.11. The molecule has 3 aliphatic rings. The number of aliphatic hydroxyl groups is 3. The van der Waals surface area contributed by atoms with Crippen molar-refractivity contribution < 1.29 is 54.1 Å². The highest BCUT2D eigenvalue weighted by Gasteiger charge is 2.49. The number of methoxy groups -OCH3 is 1. The third-order valence-electron chi connectivity index (χ3n) is 10.4. The number of phenolic OH excluding ortho intramolecular Hbond substituents is 2. The van der Waals surface area contributed by atoms with Crippen molar-refractivity contribution in [1.29, 1.82) is 0 Å². The van der Waals surface area contributed by atoms with E-state index in [1.165, 1.54) is 25.3 Å². The van der Waals surface area contributed by atoms with Crippen LogP contribution in [0.1, 0.15) is 101 Å². The summed E-state index contributed by atoms with van der Waals surface area (Å²) in [5.41, 5.74) is -4.90. The number of hydrogen-bond acceptors (Lipinski definition) is 15. The Morgan fingerprint density at radius 3 is 2.37 bits per heavy atom. The van der Waals surface area contributed by atoms with Gasteiger partial charge in [0.05, 0.1) is 42.0 Å². The molecule has 0 saturated carbocycles. The lowest BCUT2D eigenvalue weighted by Gasteiger charge is -2.43. The fraction of sp³-hybridized carbons (Fsp3) is 0.486. The van der Waals surface area contributed by atoms with Gasteiger partial charge in [-0.05, 0) is 32.8 Å². The number of anilines is 2. The summed E-state index contributed by atoms with van der Waals surface area (Å²) < 4.78 is 17.5. The van der Waals surface area contributed by atoms with Crippen molar-refractivity contribution in [1.82, 2.24) is 0 Å². The smallest absolute Gasteiger partial charge is 0.253 e. The van der Waals surface area contributed by atoms with Crippen LogP contribution in [0, 0.1) is 0 Å². The van der Waals surface area contributed by atoms with E-state index >= 15 is 0 Å². The van der Waals surface area contributed by atoms with Crippen LogP contribution in [-0.2, 0) is 20.7 Å². The van der Waals surface area contributed by atoms with E-state index in [0.29, 0.717) is 19.4 Å². The van der Waals surface area contributed by atoms with Gasteiger partial charge < -0.3 is 50.4 Å². The van der Waals surface area contributed by atoms with Crippen molar-refractivity contribution >= 4 is 28.7 Å². The molecule has 1 heterocycles. The topological polar surface area (TPSA) is 238 Å². The standard InChI is InChI=1S/C37H42N2O13/c1-16-30(42)20(39-29-28(35(47)36(29)48)38-11-6-4-5-7-12-40)13-23(51-16)52-22-15-37(49,17(2)41)14-19-25(22)34(46)27-26(32(19)44)31(43)18-9-8-10-21(50-3)24(18)33(27)45/h8-10,16,20,22-23,30,38-40,42,44,46,49H,4-7,11-15H2,1-3H3/t16-,20-,22-,23-,30+,37-/m0/s1. The molecule has 0 spiro atoms. The van der Waals surface area contributed by atoms with Crippen molar-refractivity contribution in [2.45, 2.75) is 95.0 Å². The third-order valence-corrected chi connectivity index (χ3v) is 10.4. The molecule has 6 rings (SSSR count). The van der Waals surface area contributed by atoms with Crippen molar-refractivity contribution in [3.63, 3.8) is 0 Å². The van der Waals surface area contributed by atoms with Gasteiger partial charge in [0, 0.05) is 49.1 Å². The lowest BCUT2D eigenvalue weighted by Crippen LogP contribution is -2.53. The quantitative estimate of drug-likeness (QED) is 0.0591. The van der Waals surface area contributed by atoms with Crippen LogP contribution >= 0.6 is 0 Å². The molecule has 0 aromatic heterocycles. The molecule has 1 fully saturated rings. The first-order valence-electron chi connectivity index (χ1n) is 17.3. The number of benzene rings is 2. The molecule has 0 amide bonds. The Morgan fingerprint density at radius 1 is 0.981 bits per heavy atom. The number of phenols is 2. The summed E-state index contributed by atoms with van der Waals surface area (Å²) in [4.78, 5) is 65.4. The Hall–Kier alpha value is -4.67. The number of unbranched alkanes of at least 4 members (excludes halogenated alkanes) is 3. The maximum Gasteiger partial charge on any atom is 0.253 e. The summed E-state index contributed by atoms with van der Waals surface area (Å²) >= 11 is 0. The van der Waals surface area contributed by atoms with E-state index in [2.05, 4.69) is 10.6 Å². The second-order valence-corrected chi connectivity index (χ2v) is 13.7. The maximum atomic E-state index is 13.9. The molecule has 3 aromatic carbocycles. The van der Waals surface area contributed by atoms with E-state index in [4.69, 9.17) is 19.3 Å². The van der Waals surface area contributed by atoms with Gasteiger partial charge in [-0.15, -0.1) is 0 Å². The fourth-order valence-electron chi connectivity index (χ4n) is 7.45. The number of rotatable bonds is 13. The van der Waals surface area contributed by atoms with Gasteiger partial charge in [0.15, 0.2) is 17.9 Å². The average Bonchev–Trinajstić information content (AvgIpc) is 3.12. The van der Waals surface area contributed by atoms with Crippen LogP contribution in [0.3, 0.4) is 0 Å². The first-order valence-corrected chi connectivity index (χ1v) is 17.3. The number of ether oxygens (including phenoxy) is 3. The summed E-state index contributed by atoms with van der Waals surface area (Å²) in [7, 11) is 1.32. The number of carbonyl (C=O) groups is 3. The van der Waals surface area contributed by atoms with Gasteiger partial charge in [-0.1, -0.05) is 25.0 Å². The number of ketones is 3. The minimum absolute atomic E-state index is 0.000640. The van der Waals surface area contributed by atoms with Crippen LogP contribution in [0.25, 0.3) is 0 Å². The van der Waals surface area contributed by atoms with Crippen LogP contribution in [0.15, 0.2) is 27.8 Å². The zero-order chi connectivity index (χ0) is 37.6. The summed E-state index contributed by atoms with van der Waals surface area (Å²) in [6, 6.07) is 3.48. The number of fused-ring (bicyclic) bond motifs is 3. The maximum absolute atomic E-state index is 13.9. The van der Waals surface area contributed by atoms with Crippen LogP contribution in [0.2, 0.25) is 0 Å². The molecular formula is C37H42N2O13. The summed E-state index contributed by atoms with van der Waals surface area (Å²) in [6.45, 7) is 3.21. The van der Waals surface area contributed by atoms with E-state index in [-0.39, 0.29) is 52.4 Å². The Morgan fingerprint density at radius 2 is 1.67 bits per heavy atom. The van der Waals surface area contributed by atoms with Gasteiger partial charge in [0.25, 0.3) is 10.9 Å². The van der Waals surface area contributed by atoms with Crippen molar-refractivity contribution in [2.24, 2.45) is 0 Å². The monoisotopic (exact) mass is 722 g/mol. The normalized spacial score (nSPS) is 25.3. The second-order valence-electron chi connectivity index (χ2n) is 13.7. The Labute approximate surface area is 297 Å². The summed E-state index contributed by atoms with van der Waals surface area (Å²) in [5, 5.41) is 60.7. The number of carbonyl (C=O) groups excluding carboxylic acids is 3. The number of nitrogens with one attached hydrogen (secondary N) is 2. The van der Waals surface area contributed by atoms with Crippen LogP contribution < -0.4 is 26.2 Å². The largest absolute Gasteiger partial charge is 0.507 e. The van der Waals surface area contributed by atoms with Crippen LogP contribution in [0.4, 0.5) is 11.4 Å². The highest BCUT2D eigenvalue weighted by Crippen LogP contribution is 2.52. The molecular weight excluding hydrogens is 680 g/mol. The third kappa shape index (κ3) is 6.26. The molecule has 52 heavy (non-hydrogen) atoms. The number of Topliss-reactive ketones (excluding diaryl/α,β-unsaturated/α-hetero) is 1. The number of aromatic hydroxyl groups is 2. The van der Waals surface area contributed by atoms with E-state index in [1.807, 2.05) is 0 Å². The van der Waals surface area contributed by atoms with Gasteiger partial charge >= 0.3 is 0 Å². The predicted octanol–water partition coefficient (Wildman–Crippen LogP) is 1.74. The van der Waals surface area contributed by atoms with Gasteiger partial charge in [0.2, 0.25) is 5.78 Å². The van der Waals surface area contributed by atoms with Crippen molar-refractivity contribution in [3.05, 3.63) is 72.0 Å². The molecule has 2 aliphatic carbocycles. The van der Waals surface area contributed by atoms with E-state index in [9.17, 15) is 44.4 Å². The molecule has 3 aromatic rings. The zero-order valence-corrected chi connectivity index (χ0v) is 29.0. The molecule has 15 heteroatoms. The van der Waals surface area contributed by atoms with Crippen molar-refractivity contribution in [2.75, 3.05) is 30.9 Å². The molecule has 0 bridgehead atoms. The summed E-state index contributed by atoms with van der Waals surface area (Å²) in [6.07, 6.45) is -2.69. The van der Waals surface area contributed by atoms with E-state index < -0.39 is 99.9 Å². The van der Waals surface area contributed by atoms with Crippen molar-refractivity contribution in [3.8, 4) is 17.2 Å². The average molecular weight is 723 g/mol. The predicted molar refractivity (Wildman–Crippen MR) is 185 cm³/mol. The van der Waals surface area contributed by atoms with Gasteiger partial charge in [-0.3, -0.25) is 24.0 Å². The fourth-order valence-corrected chi connectivity index (χ4v) is 7.45. The molecule has 15 nitrogen and oxygen atoms in total. The molecule has 1 saturated heterocycles. The van der Waals surface area contributed by atoms with Crippen LogP contribution in [0.5, 0.6) is 17.2 Å². The van der Waals surface area contributed by atoms with Gasteiger partial charge in [-0.25, -0.2) is 0 Å². The Kier molecular flexibility index (Phi) is 10.3.